The fourth-order valence-corrected chi connectivity index (χ4v) is 2.89. The second kappa shape index (κ2) is 6.57. The van der Waals surface area contributed by atoms with Gasteiger partial charge in [0.1, 0.15) is 10.8 Å². The predicted octanol–water partition coefficient (Wildman–Crippen LogP) is 3.56. The van der Waals surface area contributed by atoms with E-state index >= 15 is 0 Å². The first-order valence-electron chi connectivity index (χ1n) is 7.18. The maximum absolute atomic E-state index is 11.9. The van der Waals surface area contributed by atoms with Crippen LogP contribution in [-0.4, -0.2) is 29.3 Å². The van der Waals surface area contributed by atoms with Crippen LogP contribution in [0.2, 0.25) is 0 Å². The molecular weight excluding hydrogens is 296 g/mol. The normalized spacial score (nSPS) is 11.5. The van der Waals surface area contributed by atoms with Crippen molar-refractivity contribution >= 4 is 28.6 Å². The number of aromatic nitrogens is 1. The molecule has 0 spiro atoms. The summed E-state index contributed by atoms with van der Waals surface area (Å²) < 4.78 is 5.23. The van der Waals surface area contributed by atoms with Gasteiger partial charge in [0, 0.05) is 17.0 Å². The van der Waals surface area contributed by atoms with Crippen LogP contribution in [0.4, 0.5) is 0 Å². The zero-order chi connectivity index (χ0) is 16.3. The molecular formula is C17H22N2O2S. The highest BCUT2D eigenvalue weighted by atomic mass is 32.2. The topological polar surface area (TPSA) is 51.2 Å². The molecule has 118 valence electrons. The molecule has 1 amide bonds. The molecule has 0 aliphatic heterocycles. The lowest BCUT2D eigenvalue weighted by molar-refractivity contribution is -0.119. The molecule has 1 heterocycles. The average molecular weight is 318 g/mol. The van der Waals surface area contributed by atoms with Gasteiger partial charge in [0.15, 0.2) is 0 Å². The number of hydrogen-bond donors (Lipinski definition) is 1. The van der Waals surface area contributed by atoms with E-state index in [9.17, 15) is 4.79 Å². The van der Waals surface area contributed by atoms with Crippen LogP contribution in [0, 0.1) is 6.92 Å². The van der Waals surface area contributed by atoms with E-state index in [1.54, 1.807) is 7.11 Å². The summed E-state index contributed by atoms with van der Waals surface area (Å²) in [6.45, 7) is 7.94. The summed E-state index contributed by atoms with van der Waals surface area (Å²) in [5.41, 5.74) is 1.74. The molecule has 0 aliphatic carbocycles. The minimum absolute atomic E-state index is 0.0180. The Labute approximate surface area is 135 Å². The van der Waals surface area contributed by atoms with E-state index in [-0.39, 0.29) is 11.4 Å². The zero-order valence-corrected chi connectivity index (χ0v) is 14.5. The van der Waals surface area contributed by atoms with E-state index in [0.29, 0.717) is 5.75 Å². The van der Waals surface area contributed by atoms with Crippen LogP contribution in [0.25, 0.3) is 10.9 Å². The summed E-state index contributed by atoms with van der Waals surface area (Å²) in [6.07, 6.45) is 0. The molecule has 1 aromatic heterocycles. The second-order valence-electron chi connectivity index (χ2n) is 6.26. The van der Waals surface area contributed by atoms with Crippen LogP contribution in [0.3, 0.4) is 0 Å². The minimum Gasteiger partial charge on any atom is -0.497 e. The Balaban J connectivity index is 2.17. The van der Waals surface area contributed by atoms with Crippen molar-refractivity contribution in [1.29, 1.82) is 0 Å². The van der Waals surface area contributed by atoms with Gasteiger partial charge in [-0.1, -0.05) is 11.8 Å². The molecule has 0 fully saturated rings. The molecule has 1 N–H and O–H groups in total. The number of carbonyl (C=O) groups is 1. The number of benzene rings is 1. The summed E-state index contributed by atoms with van der Waals surface area (Å²) in [5, 5.41) is 4.91. The standard InChI is InChI=1S/C17H22N2O2S/c1-11-8-12-6-7-13(21-5)9-14(12)18-16(11)22-10-15(20)19-17(2,3)4/h6-9H,10H2,1-5H3,(H,19,20). The number of methoxy groups -OCH3 is 1. The van der Waals surface area contributed by atoms with E-state index in [2.05, 4.69) is 16.4 Å². The van der Waals surface area contributed by atoms with Crippen molar-refractivity contribution in [3.05, 3.63) is 29.8 Å². The zero-order valence-electron chi connectivity index (χ0n) is 13.7. The largest absolute Gasteiger partial charge is 0.497 e. The Morgan fingerprint density at radius 1 is 1.32 bits per heavy atom. The Bertz CT molecular complexity index is 693. The van der Waals surface area contributed by atoms with Crippen molar-refractivity contribution in [3.63, 3.8) is 0 Å². The first-order valence-corrected chi connectivity index (χ1v) is 8.16. The second-order valence-corrected chi connectivity index (χ2v) is 7.22. The summed E-state index contributed by atoms with van der Waals surface area (Å²) in [5.74, 6) is 1.16. The van der Waals surface area contributed by atoms with Gasteiger partial charge in [-0.05, 0) is 51.5 Å². The van der Waals surface area contributed by atoms with Crippen LogP contribution in [0.5, 0.6) is 5.75 Å². The molecule has 0 unspecified atom stereocenters. The van der Waals surface area contributed by atoms with Gasteiger partial charge in [0.25, 0.3) is 0 Å². The van der Waals surface area contributed by atoms with Gasteiger partial charge in [-0.25, -0.2) is 4.98 Å². The van der Waals surface area contributed by atoms with Crippen molar-refractivity contribution in [1.82, 2.24) is 10.3 Å². The number of rotatable bonds is 4. The number of nitrogens with zero attached hydrogens (tertiary/aromatic N) is 1. The molecule has 5 heteroatoms. The van der Waals surface area contributed by atoms with Gasteiger partial charge in [0.2, 0.25) is 5.91 Å². The van der Waals surface area contributed by atoms with Crippen LogP contribution in [0.15, 0.2) is 29.3 Å². The fourth-order valence-electron chi connectivity index (χ4n) is 2.10. The molecule has 0 saturated carbocycles. The summed E-state index contributed by atoms with van der Waals surface area (Å²) in [7, 11) is 1.64. The fraction of sp³-hybridized carbons (Fsp3) is 0.412. The van der Waals surface area contributed by atoms with Gasteiger partial charge >= 0.3 is 0 Å². The highest BCUT2D eigenvalue weighted by Gasteiger charge is 2.14. The number of ether oxygens (including phenoxy) is 1. The molecule has 0 saturated heterocycles. The Morgan fingerprint density at radius 2 is 2.05 bits per heavy atom. The highest BCUT2D eigenvalue weighted by Crippen LogP contribution is 2.26. The molecule has 0 bridgehead atoms. The van der Waals surface area contributed by atoms with Crippen LogP contribution in [-0.2, 0) is 4.79 Å². The highest BCUT2D eigenvalue weighted by molar-refractivity contribution is 7.99. The molecule has 2 rings (SSSR count). The van der Waals surface area contributed by atoms with Crippen molar-refractivity contribution in [3.8, 4) is 5.75 Å². The van der Waals surface area contributed by atoms with Gasteiger partial charge in [0.05, 0.1) is 18.4 Å². The van der Waals surface area contributed by atoms with Crippen molar-refractivity contribution in [2.24, 2.45) is 0 Å². The molecule has 22 heavy (non-hydrogen) atoms. The van der Waals surface area contributed by atoms with Crippen LogP contribution >= 0.6 is 11.8 Å². The number of fused-ring (bicyclic) bond motifs is 1. The van der Waals surface area contributed by atoms with Crippen molar-refractivity contribution < 1.29 is 9.53 Å². The number of hydrogen-bond acceptors (Lipinski definition) is 4. The quantitative estimate of drug-likeness (QED) is 0.876. The van der Waals surface area contributed by atoms with E-state index in [0.717, 1.165) is 27.2 Å². The minimum atomic E-state index is -0.211. The number of aryl methyl sites for hydroxylation is 1. The van der Waals surface area contributed by atoms with Crippen LogP contribution < -0.4 is 10.1 Å². The number of nitrogens with one attached hydrogen (secondary N) is 1. The van der Waals surface area contributed by atoms with Gasteiger partial charge in [-0.15, -0.1) is 0 Å². The molecule has 4 nitrogen and oxygen atoms in total. The lowest BCUT2D eigenvalue weighted by Crippen LogP contribution is -2.41. The number of amides is 1. The number of pyridine rings is 1. The lowest BCUT2D eigenvalue weighted by Gasteiger charge is -2.20. The maximum atomic E-state index is 11.9. The van der Waals surface area contributed by atoms with Crippen molar-refractivity contribution in [2.75, 3.05) is 12.9 Å². The van der Waals surface area contributed by atoms with Gasteiger partial charge < -0.3 is 10.1 Å². The summed E-state index contributed by atoms with van der Waals surface area (Å²) in [6, 6.07) is 7.92. The van der Waals surface area contributed by atoms with E-state index in [4.69, 9.17) is 4.74 Å². The van der Waals surface area contributed by atoms with E-state index in [1.165, 1.54) is 11.8 Å². The van der Waals surface area contributed by atoms with Gasteiger partial charge in [-0.2, -0.15) is 0 Å². The molecule has 0 atom stereocenters. The van der Waals surface area contributed by atoms with Crippen LogP contribution in [0.1, 0.15) is 26.3 Å². The first kappa shape index (κ1) is 16.6. The molecule has 1 aromatic carbocycles. The first-order chi connectivity index (χ1) is 10.3. The van der Waals surface area contributed by atoms with Gasteiger partial charge in [-0.3, -0.25) is 4.79 Å². The third kappa shape index (κ3) is 4.37. The lowest BCUT2D eigenvalue weighted by atomic mass is 10.1. The third-order valence-corrected chi connectivity index (χ3v) is 4.12. The molecule has 2 aromatic rings. The number of carbonyl (C=O) groups excluding carboxylic acids is 1. The molecule has 0 aliphatic rings. The summed E-state index contributed by atoms with van der Waals surface area (Å²) in [4.78, 5) is 16.6. The van der Waals surface area contributed by atoms with Crippen molar-refractivity contribution in [2.45, 2.75) is 38.3 Å². The Morgan fingerprint density at radius 3 is 2.68 bits per heavy atom. The monoisotopic (exact) mass is 318 g/mol. The average Bonchev–Trinajstić information content (AvgIpc) is 2.42. The third-order valence-electron chi connectivity index (χ3n) is 3.02. The Kier molecular flexibility index (Phi) is 4.96. The Hall–Kier alpha value is -1.75. The van der Waals surface area contributed by atoms with E-state index < -0.39 is 0 Å². The summed E-state index contributed by atoms with van der Waals surface area (Å²) >= 11 is 1.46. The maximum Gasteiger partial charge on any atom is 0.230 e. The van der Waals surface area contributed by atoms with E-state index in [1.807, 2.05) is 45.9 Å². The predicted molar refractivity (Wildman–Crippen MR) is 91.7 cm³/mol. The SMILES string of the molecule is COc1ccc2cc(C)c(SCC(=O)NC(C)(C)C)nc2c1. The number of thioether (sulfide) groups is 1. The molecule has 0 radical (unpaired) electrons. The smallest absolute Gasteiger partial charge is 0.230 e.